The molecule has 5 nitrogen and oxygen atoms in total. The fraction of sp³-hybridized carbons (Fsp3) is 0.346. The van der Waals surface area contributed by atoms with Crippen LogP contribution in [0, 0.1) is 0 Å². The number of benzene rings is 2. The van der Waals surface area contributed by atoms with Gasteiger partial charge in [0.05, 0.1) is 26.7 Å². The van der Waals surface area contributed by atoms with Gasteiger partial charge in [-0.15, -0.1) is 0 Å². The Kier molecular flexibility index (Phi) is 6.74. The lowest BCUT2D eigenvalue weighted by Crippen LogP contribution is -2.08. The Balaban J connectivity index is 2.41. The number of methoxy groups -OCH3 is 3. The number of fused-ring (bicyclic) bond motifs is 2. The number of hydrogen-bond acceptors (Lipinski definition) is 5. The molecule has 0 aliphatic rings. The van der Waals surface area contributed by atoms with Gasteiger partial charge in [-0.2, -0.15) is 0 Å². The zero-order valence-electron chi connectivity index (χ0n) is 19.3. The first-order valence-electron chi connectivity index (χ1n) is 10.3. The number of rotatable bonds is 7. The van der Waals surface area contributed by atoms with Crippen LogP contribution in [-0.4, -0.2) is 21.3 Å². The molecule has 0 fully saturated rings. The van der Waals surface area contributed by atoms with Crippen molar-refractivity contribution in [3.8, 4) is 17.2 Å². The second kappa shape index (κ2) is 9.29. The second-order valence-corrected chi connectivity index (χ2v) is 8.01. The summed E-state index contributed by atoms with van der Waals surface area (Å²) in [4.78, 5) is 13.6. The van der Waals surface area contributed by atoms with Crippen molar-refractivity contribution in [3.63, 3.8) is 0 Å². The fourth-order valence-electron chi connectivity index (χ4n) is 3.65. The van der Waals surface area contributed by atoms with Crippen LogP contribution in [0.2, 0.25) is 0 Å². The highest BCUT2D eigenvalue weighted by molar-refractivity contribution is 5.99. The molecule has 3 rings (SSSR count). The minimum atomic E-state index is -0.169. The highest BCUT2D eigenvalue weighted by Gasteiger charge is 2.22. The Hall–Kier alpha value is -3.21. The number of hydrogen-bond donors (Lipinski definition) is 0. The molecule has 1 aromatic heterocycles. The van der Waals surface area contributed by atoms with Crippen LogP contribution >= 0.6 is 0 Å². The summed E-state index contributed by atoms with van der Waals surface area (Å²) in [5.41, 5.74) is 4.80. The molecule has 0 aliphatic heterocycles. The molecular formula is C26H30O5. The molecule has 0 N–H and O–H groups in total. The molecule has 0 aliphatic carbocycles. The lowest BCUT2D eigenvalue weighted by Gasteiger charge is -2.15. The van der Waals surface area contributed by atoms with Crippen LogP contribution in [0.3, 0.4) is 0 Å². The Morgan fingerprint density at radius 3 is 2.00 bits per heavy atom. The summed E-state index contributed by atoms with van der Waals surface area (Å²) < 4.78 is 23.2. The van der Waals surface area contributed by atoms with Crippen LogP contribution in [0.25, 0.3) is 21.9 Å². The van der Waals surface area contributed by atoms with E-state index in [9.17, 15) is 4.79 Å². The van der Waals surface area contributed by atoms with E-state index >= 15 is 0 Å². The molecule has 0 unspecified atom stereocenters. The first-order valence-corrected chi connectivity index (χ1v) is 10.3. The molecule has 0 saturated carbocycles. The van der Waals surface area contributed by atoms with Crippen LogP contribution < -0.4 is 19.6 Å². The Morgan fingerprint density at radius 2 is 1.45 bits per heavy atom. The number of ether oxygens (including phenoxy) is 3. The van der Waals surface area contributed by atoms with Gasteiger partial charge < -0.3 is 18.6 Å². The van der Waals surface area contributed by atoms with Crippen LogP contribution in [0.5, 0.6) is 17.2 Å². The van der Waals surface area contributed by atoms with Crippen molar-refractivity contribution in [1.82, 2.24) is 0 Å². The zero-order valence-corrected chi connectivity index (χ0v) is 19.3. The highest BCUT2D eigenvalue weighted by atomic mass is 16.5. The maximum atomic E-state index is 13.6. The Bertz CT molecular complexity index is 1240. The molecule has 0 bridgehead atoms. The second-order valence-electron chi connectivity index (χ2n) is 8.01. The minimum Gasteiger partial charge on any atom is -0.496 e. The summed E-state index contributed by atoms with van der Waals surface area (Å²) in [5, 5.41) is 0.829. The predicted octanol–water partition coefficient (Wildman–Crippen LogP) is 5.99. The minimum absolute atomic E-state index is 0.169. The maximum absolute atomic E-state index is 13.6. The summed E-state index contributed by atoms with van der Waals surface area (Å²) in [6.07, 6.45) is 5.51. The molecule has 0 radical (unpaired) electrons. The van der Waals surface area contributed by atoms with E-state index in [-0.39, 0.29) is 5.43 Å². The van der Waals surface area contributed by atoms with E-state index in [1.165, 1.54) is 11.1 Å². The summed E-state index contributed by atoms with van der Waals surface area (Å²) >= 11 is 0. The SMILES string of the molecule is COc1c(CC=C(C)C)ccc2c(=O)c3c(OC)c(CC=C(C)C)cc(OC)c3oc12. The molecule has 2 aromatic carbocycles. The van der Waals surface area contributed by atoms with E-state index in [0.717, 1.165) is 11.1 Å². The van der Waals surface area contributed by atoms with Crippen molar-refractivity contribution in [1.29, 1.82) is 0 Å². The van der Waals surface area contributed by atoms with Gasteiger partial charge in [-0.3, -0.25) is 4.79 Å². The van der Waals surface area contributed by atoms with Gasteiger partial charge >= 0.3 is 0 Å². The largest absolute Gasteiger partial charge is 0.496 e. The lowest BCUT2D eigenvalue weighted by molar-refractivity contribution is 0.395. The van der Waals surface area contributed by atoms with Gasteiger partial charge in [0.15, 0.2) is 22.7 Å². The monoisotopic (exact) mass is 422 g/mol. The Morgan fingerprint density at radius 1 is 0.839 bits per heavy atom. The normalized spacial score (nSPS) is 10.8. The van der Waals surface area contributed by atoms with Crippen molar-refractivity contribution in [2.24, 2.45) is 0 Å². The summed E-state index contributed by atoms with van der Waals surface area (Å²) in [6, 6.07) is 5.58. The van der Waals surface area contributed by atoms with E-state index in [1.54, 1.807) is 27.4 Å². The van der Waals surface area contributed by atoms with Gasteiger partial charge in [-0.05, 0) is 52.7 Å². The molecule has 0 spiro atoms. The van der Waals surface area contributed by atoms with Crippen molar-refractivity contribution < 1.29 is 18.6 Å². The topological polar surface area (TPSA) is 57.9 Å². The third-order valence-electron chi connectivity index (χ3n) is 5.23. The molecule has 1 heterocycles. The summed E-state index contributed by atoms with van der Waals surface area (Å²) in [7, 11) is 4.73. The van der Waals surface area contributed by atoms with E-state index < -0.39 is 0 Å². The molecule has 31 heavy (non-hydrogen) atoms. The Labute approximate surface area is 182 Å². The predicted molar refractivity (Wildman–Crippen MR) is 126 cm³/mol. The first kappa shape index (κ1) is 22.5. The molecule has 3 aromatic rings. The van der Waals surface area contributed by atoms with Crippen molar-refractivity contribution in [3.05, 3.63) is 62.8 Å². The first-order chi connectivity index (χ1) is 14.8. The highest BCUT2D eigenvalue weighted by Crippen LogP contribution is 2.39. The van der Waals surface area contributed by atoms with Gasteiger partial charge in [0.1, 0.15) is 11.1 Å². The van der Waals surface area contributed by atoms with Crippen molar-refractivity contribution >= 4 is 21.9 Å². The third kappa shape index (κ3) is 4.31. The standard InChI is InChI=1S/C26H30O5/c1-15(2)8-10-17-12-13-19-22(27)21-23(29-6)18(11-9-16(3)4)14-20(28-5)26(21)31-25(19)24(17)30-7/h8-9,12-14H,10-11H2,1-7H3. The van der Waals surface area contributed by atoms with Crippen LogP contribution in [-0.2, 0) is 12.8 Å². The summed E-state index contributed by atoms with van der Waals surface area (Å²) in [5.74, 6) is 1.56. The quantitative estimate of drug-likeness (QED) is 0.346. The molecular weight excluding hydrogens is 392 g/mol. The van der Waals surface area contributed by atoms with E-state index in [4.69, 9.17) is 18.6 Å². The molecule has 0 atom stereocenters. The van der Waals surface area contributed by atoms with E-state index in [0.29, 0.717) is 52.0 Å². The smallest absolute Gasteiger partial charge is 0.204 e. The van der Waals surface area contributed by atoms with Gasteiger partial charge in [0.25, 0.3) is 0 Å². The van der Waals surface area contributed by atoms with Crippen LogP contribution in [0.1, 0.15) is 38.8 Å². The van der Waals surface area contributed by atoms with Gasteiger partial charge in [-0.1, -0.05) is 29.4 Å². The van der Waals surface area contributed by atoms with Gasteiger partial charge in [-0.25, -0.2) is 0 Å². The number of allylic oxidation sites excluding steroid dienone is 4. The van der Waals surface area contributed by atoms with Gasteiger partial charge in [0, 0.05) is 11.1 Å². The maximum Gasteiger partial charge on any atom is 0.204 e. The lowest BCUT2D eigenvalue weighted by atomic mass is 10.0. The molecule has 0 saturated heterocycles. The molecule has 5 heteroatoms. The van der Waals surface area contributed by atoms with Crippen LogP contribution in [0.15, 0.2) is 50.7 Å². The average Bonchev–Trinajstić information content (AvgIpc) is 2.74. The van der Waals surface area contributed by atoms with Gasteiger partial charge in [0.2, 0.25) is 5.43 Å². The van der Waals surface area contributed by atoms with Crippen molar-refractivity contribution in [2.45, 2.75) is 40.5 Å². The van der Waals surface area contributed by atoms with Crippen LogP contribution in [0.4, 0.5) is 0 Å². The average molecular weight is 423 g/mol. The molecule has 164 valence electrons. The van der Waals surface area contributed by atoms with E-state index in [2.05, 4.69) is 12.2 Å². The third-order valence-corrected chi connectivity index (χ3v) is 5.23. The van der Waals surface area contributed by atoms with Crippen molar-refractivity contribution in [2.75, 3.05) is 21.3 Å². The zero-order chi connectivity index (χ0) is 22.7. The summed E-state index contributed by atoms with van der Waals surface area (Å²) in [6.45, 7) is 8.16. The fourth-order valence-corrected chi connectivity index (χ4v) is 3.65. The van der Waals surface area contributed by atoms with E-state index in [1.807, 2.05) is 39.8 Å². The molecule has 0 amide bonds.